The minimum absolute atomic E-state index is 0.00388. The number of benzene rings is 1. The van der Waals surface area contributed by atoms with Gasteiger partial charge < -0.3 is 9.84 Å². The number of ether oxygens (including phenoxy) is 1. The van der Waals surface area contributed by atoms with E-state index in [-0.39, 0.29) is 6.61 Å². The summed E-state index contributed by atoms with van der Waals surface area (Å²) in [5.41, 5.74) is 2.75. The molecule has 1 unspecified atom stereocenters. The van der Waals surface area contributed by atoms with Crippen molar-refractivity contribution in [2.75, 3.05) is 26.7 Å². The van der Waals surface area contributed by atoms with Crippen molar-refractivity contribution < 1.29 is 9.84 Å². The second-order valence-corrected chi connectivity index (χ2v) is 5.50. The van der Waals surface area contributed by atoms with E-state index in [1.165, 1.54) is 19.4 Å². The Morgan fingerprint density at radius 2 is 2.29 bits per heavy atom. The van der Waals surface area contributed by atoms with Gasteiger partial charge >= 0.3 is 0 Å². The lowest BCUT2D eigenvalue weighted by atomic mass is 10.0. The maximum Gasteiger partial charge on any atom is 0.128 e. The molecule has 0 aliphatic carbocycles. The average molecular weight is 290 g/mol. The molecule has 0 amide bonds. The Balaban J connectivity index is 2.19. The van der Waals surface area contributed by atoms with Gasteiger partial charge in [-0.05, 0) is 44.5 Å². The minimum atomic E-state index is 0.00388. The molecule has 1 aromatic rings. The van der Waals surface area contributed by atoms with E-state index in [4.69, 9.17) is 9.73 Å². The van der Waals surface area contributed by atoms with Gasteiger partial charge in [0.15, 0.2) is 0 Å². The number of likely N-dealkylation sites (tertiary alicyclic amines) is 1. The molecule has 0 bridgehead atoms. The molecule has 0 aromatic heterocycles. The van der Waals surface area contributed by atoms with E-state index in [0.717, 1.165) is 35.7 Å². The van der Waals surface area contributed by atoms with Crippen LogP contribution in [-0.2, 0) is 6.61 Å². The first-order valence-electron chi connectivity index (χ1n) is 7.73. The number of aliphatic hydroxyl groups excluding tert-OH is 1. The standard InChI is InChI=1S/C17H26N2O2/c1-4-19-10-6-8-15(19)11-18-13(2)17-14(12-20)7-5-9-16(17)21-3/h5,7,9,15,20H,4,6,8,10-12H2,1-3H3/b18-13+. The highest BCUT2D eigenvalue weighted by Gasteiger charge is 2.22. The monoisotopic (exact) mass is 290 g/mol. The third kappa shape index (κ3) is 3.63. The second kappa shape index (κ2) is 7.57. The zero-order valence-electron chi connectivity index (χ0n) is 13.3. The number of methoxy groups -OCH3 is 1. The van der Waals surface area contributed by atoms with Crippen molar-refractivity contribution in [1.82, 2.24) is 4.90 Å². The zero-order chi connectivity index (χ0) is 15.2. The Bertz CT molecular complexity index is 477. The predicted molar refractivity (Wildman–Crippen MR) is 86.3 cm³/mol. The maximum absolute atomic E-state index is 9.53. The van der Waals surface area contributed by atoms with Crippen molar-refractivity contribution in [2.45, 2.75) is 39.3 Å². The van der Waals surface area contributed by atoms with Gasteiger partial charge in [0.25, 0.3) is 0 Å². The van der Waals surface area contributed by atoms with Crippen molar-refractivity contribution in [3.05, 3.63) is 29.3 Å². The second-order valence-electron chi connectivity index (χ2n) is 5.50. The molecule has 1 heterocycles. The summed E-state index contributed by atoms with van der Waals surface area (Å²) in [6.45, 7) is 7.32. The summed E-state index contributed by atoms with van der Waals surface area (Å²) in [5, 5.41) is 9.53. The van der Waals surface area contributed by atoms with Crippen LogP contribution in [0.15, 0.2) is 23.2 Å². The van der Waals surface area contributed by atoms with Crippen LogP contribution in [0.3, 0.4) is 0 Å². The molecule has 1 aromatic carbocycles. The van der Waals surface area contributed by atoms with E-state index < -0.39 is 0 Å². The van der Waals surface area contributed by atoms with Crippen LogP contribution in [0.2, 0.25) is 0 Å². The first-order valence-corrected chi connectivity index (χ1v) is 7.73. The van der Waals surface area contributed by atoms with Crippen molar-refractivity contribution in [3.8, 4) is 5.75 Å². The Kier molecular flexibility index (Phi) is 5.76. The lowest BCUT2D eigenvalue weighted by Gasteiger charge is -2.21. The van der Waals surface area contributed by atoms with Crippen LogP contribution in [-0.4, -0.2) is 48.5 Å². The van der Waals surface area contributed by atoms with Crippen LogP contribution < -0.4 is 4.74 Å². The van der Waals surface area contributed by atoms with E-state index in [2.05, 4.69) is 11.8 Å². The van der Waals surface area contributed by atoms with Crippen molar-refractivity contribution in [3.63, 3.8) is 0 Å². The summed E-state index contributed by atoms with van der Waals surface area (Å²) in [7, 11) is 1.66. The Morgan fingerprint density at radius 3 is 2.95 bits per heavy atom. The normalized spacial score (nSPS) is 20.0. The Morgan fingerprint density at radius 1 is 1.48 bits per heavy atom. The highest BCUT2D eigenvalue weighted by atomic mass is 16.5. The molecular formula is C17H26N2O2. The van der Waals surface area contributed by atoms with E-state index >= 15 is 0 Å². The fraction of sp³-hybridized carbons (Fsp3) is 0.588. The van der Waals surface area contributed by atoms with E-state index in [0.29, 0.717) is 6.04 Å². The summed E-state index contributed by atoms with van der Waals surface area (Å²) >= 11 is 0. The van der Waals surface area contributed by atoms with Crippen molar-refractivity contribution >= 4 is 5.71 Å². The van der Waals surface area contributed by atoms with Crippen molar-refractivity contribution in [1.29, 1.82) is 0 Å². The van der Waals surface area contributed by atoms with Gasteiger partial charge in [0, 0.05) is 17.3 Å². The molecule has 116 valence electrons. The molecule has 1 atom stereocenters. The number of aliphatic hydroxyl groups is 1. The van der Waals surface area contributed by atoms with Gasteiger partial charge in [-0.15, -0.1) is 0 Å². The molecule has 0 radical (unpaired) electrons. The van der Waals surface area contributed by atoms with Crippen LogP contribution in [0, 0.1) is 0 Å². The predicted octanol–water partition coefficient (Wildman–Crippen LogP) is 2.48. The molecule has 1 fully saturated rings. The molecule has 1 aliphatic heterocycles. The first-order chi connectivity index (χ1) is 10.2. The molecule has 0 spiro atoms. The lowest BCUT2D eigenvalue weighted by Crippen LogP contribution is -2.31. The highest BCUT2D eigenvalue weighted by molar-refractivity contribution is 6.02. The molecule has 4 heteroatoms. The minimum Gasteiger partial charge on any atom is -0.496 e. The summed E-state index contributed by atoms with van der Waals surface area (Å²) in [6.07, 6.45) is 2.49. The fourth-order valence-electron chi connectivity index (χ4n) is 3.13. The topological polar surface area (TPSA) is 45.1 Å². The van der Waals surface area contributed by atoms with Crippen LogP contribution >= 0.6 is 0 Å². The van der Waals surface area contributed by atoms with E-state index in [1.807, 2.05) is 25.1 Å². The maximum atomic E-state index is 9.53. The van der Waals surface area contributed by atoms with Gasteiger partial charge in [-0.1, -0.05) is 19.1 Å². The first kappa shape index (κ1) is 16.0. The largest absolute Gasteiger partial charge is 0.496 e. The number of rotatable bonds is 6. The van der Waals surface area contributed by atoms with E-state index in [1.54, 1.807) is 7.11 Å². The molecule has 1 aliphatic rings. The SMILES string of the molecule is CCN1CCCC1C/N=C(\C)c1c(CO)cccc1OC. The average Bonchev–Trinajstić information content (AvgIpc) is 2.99. The molecule has 0 saturated carbocycles. The number of likely N-dealkylation sites (N-methyl/N-ethyl adjacent to an activating group) is 1. The van der Waals surface area contributed by atoms with Gasteiger partial charge in [0.1, 0.15) is 5.75 Å². The third-order valence-corrected chi connectivity index (χ3v) is 4.31. The molecule has 21 heavy (non-hydrogen) atoms. The molecule has 1 N–H and O–H groups in total. The van der Waals surface area contributed by atoms with Gasteiger partial charge in [-0.2, -0.15) is 0 Å². The fourth-order valence-corrected chi connectivity index (χ4v) is 3.13. The summed E-state index contributed by atoms with van der Waals surface area (Å²) in [4.78, 5) is 7.27. The molecule has 2 rings (SSSR count). The molecule has 1 saturated heterocycles. The summed E-state index contributed by atoms with van der Waals surface area (Å²) in [6, 6.07) is 6.29. The molecule has 4 nitrogen and oxygen atoms in total. The summed E-state index contributed by atoms with van der Waals surface area (Å²) < 4.78 is 5.42. The van der Waals surface area contributed by atoms with Crippen LogP contribution in [0.25, 0.3) is 0 Å². The van der Waals surface area contributed by atoms with E-state index in [9.17, 15) is 5.11 Å². The number of hydrogen-bond donors (Lipinski definition) is 1. The van der Waals surface area contributed by atoms with Crippen LogP contribution in [0.5, 0.6) is 5.75 Å². The number of hydrogen-bond acceptors (Lipinski definition) is 4. The van der Waals surface area contributed by atoms with Crippen LogP contribution in [0.1, 0.15) is 37.8 Å². The van der Waals surface area contributed by atoms with Crippen molar-refractivity contribution in [2.24, 2.45) is 4.99 Å². The van der Waals surface area contributed by atoms with Gasteiger partial charge in [-0.3, -0.25) is 9.89 Å². The van der Waals surface area contributed by atoms with Gasteiger partial charge in [0.2, 0.25) is 0 Å². The van der Waals surface area contributed by atoms with Gasteiger partial charge in [-0.25, -0.2) is 0 Å². The summed E-state index contributed by atoms with van der Waals surface area (Å²) in [5.74, 6) is 0.779. The Hall–Kier alpha value is -1.39. The quantitative estimate of drug-likeness (QED) is 0.819. The molecular weight excluding hydrogens is 264 g/mol. The van der Waals surface area contributed by atoms with Crippen LogP contribution in [0.4, 0.5) is 0 Å². The third-order valence-electron chi connectivity index (χ3n) is 4.31. The lowest BCUT2D eigenvalue weighted by molar-refractivity contribution is 0.273. The number of nitrogens with zero attached hydrogens (tertiary/aromatic N) is 2. The number of aliphatic imine (C=N–C) groups is 1. The van der Waals surface area contributed by atoms with Gasteiger partial charge in [0.05, 0.1) is 20.3 Å². The zero-order valence-corrected chi connectivity index (χ0v) is 13.3. The smallest absolute Gasteiger partial charge is 0.128 e. The Labute approximate surface area is 127 Å². The highest BCUT2D eigenvalue weighted by Crippen LogP contribution is 2.24.